The lowest BCUT2D eigenvalue weighted by Crippen LogP contribution is -2.40. The minimum Gasteiger partial charge on any atom is -0.342 e. The van der Waals surface area contributed by atoms with Gasteiger partial charge in [-0.2, -0.15) is 0 Å². The van der Waals surface area contributed by atoms with Crippen molar-refractivity contribution in [2.45, 2.75) is 31.0 Å². The molecule has 1 amide bonds. The zero-order valence-electron chi connectivity index (χ0n) is 10.2. The van der Waals surface area contributed by atoms with Crippen molar-refractivity contribution < 1.29 is 13.2 Å². The highest BCUT2D eigenvalue weighted by molar-refractivity contribution is 7.92. The first kappa shape index (κ1) is 13.7. The monoisotopic (exact) mass is 255 g/mol. The number of carbonyl (C=O) groups is 1. The zero-order valence-corrected chi connectivity index (χ0v) is 11.0. The summed E-state index contributed by atoms with van der Waals surface area (Å²) in [5.41, 5.74) is 0.994. The van der Waals surface area contributed by atoms with E-state index < -0.39 is 15.2 Å². The Morgan fingerprint density at radius 3 is 2.12 bits per heavy atom. The number of carbonyl (C=O) groups excluding carboxylic acids is 1. The summed E-state index contributed by atoms with van der Waals surface area (Å²) in [4.78, 5) is 10.7. The van der Waals surface area contributed by atoms with Crippen LogP contribution in [-0.4, -0.2) is 20.2 Å². The molecule has 1 unspecified atom stereocenters. The number of rotatable bonds is 5. The molecule has 1 aromatic carbocycles. The van der Waals surface area contributed by atoms with E-state index in [0.717, 1.165) is 5.56 Å². The smallest absolute Gasteiger partial charge is 0.208 e. The summed E-state index contributed by atoms with van der Waals surface area (Å²) in [7, 11) is -3.52. The molecule has 0 radical (unpaired) electrons. The molecule has 0 aliphatic rings. The largest absolute Gasteiger partial charge is 0.342 e. The lowest BCUT2D eigenvalue weighted by atomic mass is 10.2. The van der Waals surface area contributed by atoms with Crippen molar-refractivity contribution in [2.24, 2.45) is 5.92 Å². The Morgan fingerprint density at radius 2 is 1.71 bits per heavy atom. The van der Waals surface area contributed by atoms with Crippen LogP contribution in [0.1, 0.15) is 19.4 Å². The molecule has 0 saturated heterocycles. The molecule has 1 atom stereocenters. The van der Waals surface area contributed by atoms with Crippen molar-refractivity contribution in [2.75, 3.05) is 0 Å². The molecule has 1 aromatic rings. The summed E-state index contributed by atoms with van der Waals surface area (Å²) in [5.74, 6) is -0.188. The number of hydrogen-bond donors (Lipinski definition) is 1. The quantitative estimate of drug-likeness (QED) is 0.811. The molecule has 17 heavy (non-hydrogen) atoms. The van der Waals surface area contributed by atoms with Gasteiger partial charge in [-0.15, -0.1) is 0 Å². The van der Waals surface area contributed by atoms with E-state index in [4.69, 9.17) is 0 Å². The first-order chi connectivity index (χ1) is 7.89. The predicted molar refractivity (Wildman–Crippen MR) is 66.2 cm³/mol. The number of sulfone groups is 1. The van der Waals surface area contributed by atoms with Gasteiger partial charge in [-0.3, -0.25) is 4.79 Å². The second-order valence-corrected chi connectivity index (χ2v) is 6.38. The second-order valence-electron chi connectivity index (χ2n) is 4.31. The van der Waals surface area contributed by atoms with E-state index in [2.05, 4.69) is 5.32 Å². The molecule has 0 aliphatic carbocycles. The molecule has 0 aromatic heterocycles. The van der Waals surface area contributed by atoms with E-state index in [1.165, 1.54) is 0 Å². The first-order valence-corrected chi connectivity index (χ1v) is 6.94. The van der Waals surface area contributed by atoms with E-state index >= 15 is 0 Å². The number of amides is 1. The summed E-state index contributed by atoms with van der Waals surface area (Å²) >= 11 is 0. The van der Waals surface area contributed by atoms with Crippen LogP contribution in [0, 0.1) is 12.8 Å². The van der Waals surface area contributed by atoms with Gasteiger partial charge < -0.3 is 5.32 Å². The van der Waals surface area contributed by atoms with Crippen molar-refractivity contribution in [1.29, 1.82) is 0 Å². The summed E-state index contributed by atoms with van der Waals surface area (Å²) in [6.45, 7) is 5.40. The SMILES string of the molecule is Cc1ccc(S(=O)(=O)C(NC=O)C(C)C)cc1. The topological polar surface area (TPSA) is 63.2 Å². The lowest BCUT2D eigenvalue weighted by Gasteiger charge is -2.20. The molecule has 0 fully saturated rings. The minimum absolute atomic E-state index is 0.188. The molecule has 0 aliphatic heterocycles. The molecule has 0 heterocycles. The zero-order chi connectivity index (χ0) is 13.1. The standard InChI is InChI=1S/C12H17NO3S/c1-9(2)12(13-8-14)17(15,16)11-6-4-10(3)5-7-11/h4-9,12H,1-3H3,(H,13,14). The summed E-state index contributed by atoms with van der Waals surface area (Å²) in [6.07, 6.45) is 0.427. The number of benzene rings is 1. The molecule has 94 valence electrons. The van der Waals surface area contributed by atoms with Gasteiger partial charge in [0.15, 0.2) is 9.84 Å². The van der Waals surface area contributed by atoms with Gasteiger partial charge >= 0.3 is 0 Å². The van der Waals surface area contributed by atoms with E-state index in [1.807, 2.05) is 6.92 Å². The fourth-order valence-corrected chi connectivity index (χ4v) is 3.34. The third kappa shape index (κ3) is 3.06. The van der Waals surface area contributed by atoms with Gasteiger partial charge in [0.05, 0.1) is 4.90 Å². The van der Waals surface area contributed by atoms with Crippen LogP contribution >= 0.6 is 0 Å². The Labute approximate surface area is 102 Å². The molecule has 4 nitrogen and oxygen atoms in total. The first-order valence-electron chi connectivity index (χ1n) is 5.40. The van der Waals surface area contributed by atoms with Crippen molar-refractivity contribution in [3.63, 3.8) is 0 Å². The van der Waals surface area contributed by atoms with E-state index in [0.29, 0.717) is 6.41 Å². The average Bonchev–Trinajstić information content (AvgIpc) is 2.25. The van der Waals surface area contributed by atoms with E-state index in [1.54, 1.807) is 38.1 Å². The molecule has 1 rings (SSSR count). The van der Waals surface area contributed by atoms with E-state index in [9.17, 15) is 13.2 Å². The maximum atomic E-state index is 12.3. The highest BCUT2D eigenvalue weighted by Gasteiger charge is 2.29. The number of hydrogen-bond acceptors (Lipinski definition) is 3. The van der Waals surface area contributed by atoms with Crippen LogP contribution in [0.5, 0.6) is 0 Å². The molecule has 5 heteroatoms. The van der Waals surface area contributed by atoms with Gasteiger partial charge in [0.1, 0.15) is 5.37 Å². The van der Waals surface area contributed by atoms with Gasteiger partial charge in [0, 0.05) is 0 Å². The molecular weight excluding hydrogens is 238 g/mol. The number of aryl methyl sites for hydroxylation is 1. The van der Waals surface area contributed by atoms with Gasteiger partial charge in [0.25, 0.3) is 0 Å². The van der Waals surface area contributed by atoms with Crippen LogP contribution in [0.2, 0.25) is 0 Å². The van der Waals surface area contributed by atoms with Crippen molar-refractivity contribution in [3.05, 3.63) is 29.8 Å². The molecule has 0 bridgehead atoms. The fraction of sp³-hybridized carbons (Fsp3) is 0.417. The maximum absolute atomic E-state index is 12.3. The van der Waals surface area contributed by atoms with Gasteiger partial charge in [0.2, 0.25) is 6.41 Å². The third-order valence-corrected chi connectivity index (χ3v) is 4.80. The van der Waals surface area contributed by atoms with Crippen molar-refractivity contribution in [1.82, 2.24) is 5.32 Å². The fourth-order valence-electron chi connectivity index (χ4n) is 1.58. The van der Waals surface area contributed by atoms with Crippen LogP contribution in [-0.2, 0) is 14.6 Å². The second kappa shape index (κ2) is 5.31. The van der Waals surface area contributed by atoms with Crippen LogP contribution in [0.3, 0.4) is 0 Å². The van der Waals surface area contributed by atoms with Gasteiger partial charge in [-0.25, -0.2) is 8.42 Å². The molecule has 1 N–H and O–H groups in total. The third-order valence-electron chi connectivity index (χ3n) is 2.52. The van der Waals surface area contributed by atoms with Gasteiger partial charge in [-0.05, 0) is 25.0 Å². The van der Waals surface area contributed by atoms with Crippen LogP contribution < -0.4 is 5.32 Å². The summed E-state index contributed by atoms with van der Waals surface area (Å²) < 4.78 is 24.5. The Bertz CT molecular complexity index is 477. The summed E-state index contributed by atoms with van der Waals surface area (Å²) in [6, 6.07) is 6.61. The molecule has 0 saturated carbocycles. The van der Waals surface area contributed by atoms with Crippen LogP contribution in [0.25, 0.3) is 0 Å². The van der Waals surface area contributed by atoms with Crippen LogP contribution in [0.15, 0.2) is 29.2 Å². The number of nitrogens with one attached hydrogen (secondary N) is 1. The van der Waals surface area contributed by atoms with E-state index in [-0.39, 0.29) is 10.8 Å². The minimum atomic E-state index is -3.52. The summed E-state index contributed by atoms with van der Waals surface area (Å²) in [5, 5.41) is 1.48. The average molecular weight is 255 g/mol. The Kier molecular flexibility index (Phi) is 4.28. The highest BCUT2D eigenvalue weighted by atomic mass is 32.2. The maximum Gasteiger partial charge on any atom is 0.208 e. The predicted octanol–water partition coefficient (Wildman–Crippen LogP) is 1.50. The van der Waals surface area contributed by atoms with Gasteiger partial charge in [-0.1, -0.05) is 31.5 Å². The van der Waals surface area contributed by atoms with Crippen molar-refractivity contribution >= 4 is 16.2 Å². The highest BCUT2D eigenvalue weighted by Crippen LogP contribution is 2.19. The lowest BCUT2D eigenvalue weighted by molar-refractivity contribution is -0.109. The Balaban J connectivity index is 3.16. The Morgan fingerprint density at radius 1 is 1.18 bits per heavy atom. The molecular formula is C12H17NO3S. The normalized spacial score (nSPS) is 13.4. The Hall–Kier alpha value is -1.36. The van der Waals surface area contributed by atoms with Crippen LogP contribution in [0.4, 0.5) is 0 Å². The van der Waals surface area contributed by atoms with Crippen molar-refractivity contribution in [3.8, 4) is 0 Å². The molecule has 0 spiro atoms.